The van der Waals surface area contributed by atoms with E-state index in [1.54, 1.807) is 7.11 Å². The largest absolute Gasteiger partial charge is 0.394 e. The molecule has 1 aliphatic carbocycles. The van der Waals surface area contributed by atoms with Crippen molar-refractivity contribution in [2.45, 2.75) is 44.1 Å². The van der Waals surface area contributed by atoms with Crippen LogP contribution in [0.3, 0.4) is 0 Å². The normalized spacial score (nSPS) is 35.5. The van der Waals surface area contributed by atoms with E-state index >= 15 is 0 Å². The van der Waals surface area contributed by atoms with Gasteiger partial charge in [-0.3, -0.25) is 0 Å². The van der Waals surface area contributed by atoms with Crippen molar-refractivity contribution >= 4 is 0 Å². The van der Waals surface area contributed by atoms with Gasteiger partial charge in [0.25, 0.3) is 0 Å². The van der Waals surface area contributed by atoms with Crippen LogP contribution in [0.1, 0.15) is 38.5 Å². The maximum atomic E-state index is 9.74. The zero-order valence-electron chi connectivity index (χ0n) is 13.2. The molecule has 1 saturated heterocycles. The lowest BCUT2D eigenvalue weighted by Crippen LogP contribution is -2.50. The summed E-state index contributed by atoms with van der Waals surface area (Å²) in [4.78, 5) is 2.60. The van der Waals surface area contributed by atoms with Gasteiger partial charge in [0.15, 0.2) is 0 Å². The quantitative estimate of drug-likeness (QED) is 0.743. The predicted molar refractivity (Wildman–Crippen MR) is 81.9 cm³/mol. The summed E-state index contributed by atoms with van der Waals surface area (Å²) in [6, 6.07) is 0. The summed E-state index contributed by atoms with van der Waals surface area (Å²) in [7, 11) is 3.81. The van der Waals surface area contributed by atoms with Crippen molar-refractivity contribution in [2.75, 3.05) is 47.0 Å². The Bertz CT molecular complexity index is 280. The molecule has 0 aromatic heterocycles. The Morgan fingerprint density at radius 1 is 1.35 bits per heavy atom. The lowest BCUT2D eigenvalue weighted by atomic mass is 9.85. The molecule has 4 nitrogen and oxygen atoms in total. The van der Waals surface area contributed by atoms with Gasteiger partial charge in [-0.25, -0.2) is 0 Å². The monoisotopic (exact) mass is 284 g/mol. The molecule has 0 amide bonds. The Hall–Kier alpha value is -0.160. The summed E-state index contributed by atoms with van der Waals surface area (Å²) in [6.45, 7) is 4.77. The van der Waals surface area contributed by atoms with E-state index in [1.807, 2.05) is 7.05 Å². The highest BCUT2D eigenvalue weighted by Crippen LogP contribution is 2.37. The highest BCUT2D eigenvalue weighted by molar-refractivity contribution is 4.98. The molecule has 1 heterocycles. The molecule has 3 unspecified atom stereocenters. The molecular formula is C16H32N2O2. The molecule has 118 valence electrons. The summed E-state index contributed by atoms with van der Waals surface area (Å²) >= 11 is 0. The summed E-state index contributed by atoms with van der Waals surface area (Å²) in [5, 5.41) is 13.1. The van der Waals surface area contributed by atoms with E-state index < -0.39 is 0 Å². The SMILES string of the molecule is CNC1(CO)CCCC1CCN1CCCC(COC)C1. The molecule has 2 aliphatic rings. The smallest absolute Gasteiger partial charge is 0.0615 e. The van der Waals surface area contributed by atoms with Gasteiger partial charge in [0.1, 0.15) is 0 Å². The Kier molecular flexibility index (Phi) is 6.27. The van der Waals surface area contributed by atoms with Crippen LogP contribution < -0.4 is 5.32 Å². The van der Waals surface area contributed by atoms with Gasteiger partial charge >= 0.3 is 0 Å². The number of methoxy groups -OCH3 is 1. The fourth-order valence-corrected chi connectivity index (χ4v) is 4.25. The van der Waals surface area contributed by atoms with Crippen LogP contribution in [0.2, 0.25) is 0 Å². The average molecular weight is 284 g/mol. The van der Waals surface area contributed by atoms with Gasteiger partial charge in [-0.05, 0) is 64.1 Å². The Morgan fingerprint density at radius 2 is 2.20 bits per heavy atom. The summed E-state index contributed by atoms with van der Waals surface area (Å²) < 4.78 is 5.31. The number of piperidine rings is 1. The number of hydrogen-bond donors (Lipinski definition) is 2. The number of aliphatic hydroxyl groups excluding tert-OH is 1. The second-order valence-corrected chi connectivity index (χ2v) is 6.71. The van der Waals surface area contributed by atoms with Crippen LogP contribution in [0.5, 0.6) is 0 Å². The summed E-state index contributed by atoms with van der Waals surface area (Å²) in [5.41, 5.74) is -0.0122. The molecule has 0 aromatic rings. The van der Waals surface area contributed by atoms with E-state index in [9.17, 15) is 5.11 Å². The van der Waals surface area contributed by atoms with Crippen LogP contribution in [0.25, 0.3) is 0 Å². The van der Waals surface area contributed by atoms with Gasteiger partial charge in [-0.15, -0.1) is 0 Å². The molecule has 0 spiro atoms. The maximum absolute atomic E-state index is 9.74. The highest BCUT2D eigenvalue weighted by atomic mass is 16.5. The van der Waals surface area contributed by atoms with Crippen molar-refractivity contribution < 1.29 is 9.84 Å². The predicted octanol–water partition coefficient (Wildman–Crippen LogP) is 1.49. The minimum atomic E-state index is -0.0122. The molecule has 2 fully saturated rings. The minimum absolute atomic E-state index is 0.0122. The third-order valence-corrected chi connectivity index (χ3v) is 5.54. The molecule has 3 atom stereocenters. The third kappa shape index (κ3) is 3.73. The molecule has 20 heavy (non-hydrogen) atoms. The van der Waals surface area contributed by atoms with Gasteiger partial charge in [-0.1, -0.05) is 6.42 Å². The van der Waals surface area contributed by atoms with Crippen molar-refractivity contribution in [2.24, 2.45) is 11.8 Å². The lowest BCUT2D eigenvalue weighted by molar-refractivity contribution is 0.0785. The molecule has 2 N–H and O–H groups in total. The number of rotatable bonds is 7. The van der Waals surface area contributed by atoms with E-state index in [-0.39, 0.29) is 12.1 Å². The lowest BCUT2D eigenvalue weighted by Gasteiger charge is -2.37. The van der Waals surface area contributed by atoms with Gasteiger partial charge in [0.05, 0.1) is 13.2 Å². The number of nitrogens with one attached hydrogen (secondary N) is 1. The second kappa shape index (κ2) is 7.74. The number of ether oxygens (including phenoxy) is 1. The van der Waals surface area contributed by atoms with Gasteiger partial charge in [0, 0.05) is 19.2 Å². The number of hydrogen-bond acceptors (Lipinski definition) is 4. The standard InChI is InChI=1S/C16H32N2O2/c1-17-16(13-19)8-3-6-15(16)7-10-18-9-4-5-14(11-18)12-20-2/h14-15,17,19H,3-13H2,1-2H3. The topological polar surface area (TPSA) is 44.7 Å². The first-order chi connectivity index (χ1) is 9.74. The van der Waals surface area contributed by atoms with Crippen LogP contribution in [-0.4, -0.2) is 62.6 Å². The van der Waals surface area contributed by atoms with Gasteiger partial charge in [0.2, 0.25) is 0 Å². The molecule has 0 aromatic carbocycles. The van der Waals surface area contributed by atoms with E-state index in [4.69, 9.17) is 4.74 Å². The number of aliphatic hydroxyl groups is 1. The van der Waals surface area contributed by atoms with Crippen molar-refractivity contribution in [3.05, 3.63) is 0 Å². The molecular weight excluding hydrogens is 252 g/mol. The first-order valence-electron chi connectivity index (χ1n) is 8.25. The zero-order valence-corrected chi connectivity index (χ0v) is 13.2. The fourth-order valence-electron chi connectivity index (χ4n) is 4.25. The average Bonchev–Trinajstić information content (AvgIpc) is 2.89. The Morgan fingerprint density at radius 3 is 2.90 bits per heavy atom. The highest BCUT2D eigenvalue weighted by Gasteiger charge is 2.40. The van der Waals surface area contributed by atoms with E-state index in [2.05, 4.69) is 10.2 Å². The first kappa shape index (κ1) is 16.2. The van der Waals surface area contributed by atoms with Crippen molar-refractivity contribution in [1.82, 2.24) is 10.2 Å². The Balaban J connectivity index is 1.79. The molecule has 0 radical (unpaired) electrons. The van der Waals surface area contributed by atoms with Crippen molar-refractivity contribution in [3.8, 4) is 0 Å². The molecule has 2 rings (SSSR count). The van der Waals surface area contributed by atoms with Gasteiger partial charge < -0.3 is 20.1 Å². The molecule has 0 bridgehead atoms. The van der Waals surface area contributed by atoms with E-state index in [0.717, 1.165) is 13.0 Å². The fraction of sp³-hybridized carbons (Fsp3) is 1.00. The molecule has 1 aliphatic heterocycles. The minimum Gasteiger partial charge on any atom is -0.394 e. The van der Waals surface area contributed by atoms with E-state index in [1.165, 1.54) is 51.7 Å². The molecule has 4 heteroatoms. The second-order valence-electron chi connectivity index (χ2n) is 6.71. The van der Waals surface area contributed by atoms with Crippen molar-refractivity contribution in [1.29, 1.82) is 0 Å². The third-order valence-electron chi connectivity index (χ3n) is 5.54. The Labute approximate surface area is 123 Å². The van der Waals surface area contributed by atoms with E-state index in [0.29, 0.717) is 11.8 Å². The number of likely N-dealkylation sites (N-methyl/N-ethyl adjacent to an activating group) is 1. The zero-order chi connectivity index (χ0) is 14.4. The van der Waals surface area contributed by atoms with Crippen molar-refractivity contribution in [3.63, 3.8) is 0 Å². The van der Waals surface area contributed by atoms with Crippen LogP contribution in [-0.2, 0) is 4.74 Å². The summed E-state index contributed by atoms with van der Waals surface area (Å²) in [6.07, 6.45) is 7.45. The van der Waals surface area contributed by atoms with Crippen LogP contribution >= 0.6 is 0 Å². The molecule has 1 saturated carbocycles. The summed E-state index contributed by atoms with van der Waals surface area (Å²) in [5.74, 6) is 1.34. The number of nitrogens with zero attached hydrogens (tertiary/aromatic N) is 1. The maximum Gasteiger partial charge on any atom is 0.0615 e. The first-order valence-corrected chi connectivity index (χ1v) is 8.25. The number of likely N-dealkylation sites (tertiary alicyclic amines) is 1. The van der Waals surface area contributed by atoms with Crippen LogP contribution in [0, 0.1) is 11.8 Å². The van der Waals surface area contributed by atoms with Crippen LogP contribution in [0.15, 0.2) is 0 Å². The van der Waals surface area contributed by atoms with Crippen LogP contribution in [0.4, 0.5) is 0 Å². The van der Waals surface area contributed by atoms with Gasteiger partial charge in [-0.2, -0.15) is 0 Å².